The van der Waals surface area contributed by atoms with Crippen molar-refractivity contribution < 1.29 is 4.79 Å². The largest absolute Gasteiger partial charge is 0.369 e. The first-order chi connectivity index (χ1) is 10.7. The molecule has 1 amide bonds. The molecule has 2 aromatic heterocycles. The lowest BCUT2D eigenvalue weighted by Crippen LogP contribution is -2.40. The van der Waals surface area contributed by atoms with Gasteiger partial charge in [-0.05, 0) is 19.4 Å². The highest BCUT2D eigenvalue weighted by Gasteiger charge is 2.23. The van der Waals surface area contributed by atoms with Gasteiger partial charge in [0.2, 0.25) is 5.91 Å². The quantitative estimate of drug-likeness (QED) is 0.863. The molecule has 3 rings (SSSR count). The molecule has 0 spiro atoms. The van der Waals surface area contributed by atoms with Crippen LogP contribution in [0.5, 0.6) is 0 Å². The minimum atomic E-state index is -0.283. The average Bonchev–Trinajstić information content (AvgIpc) is 3.01. The van der Waals surface area contributed by atoms with Crippen LogP contribution in [-0.2, 0) is 4.79 Å². The zero-order chi connectivity index (χ0) is 15.4. The lowest BCUT2D eigenvalue weighted by atomic mass is 9.95. The van der Waals surface area contributed by atoms with Gasteiger partial charge in [0.1, 0.15) is 0 Å². The third kappa shape index (κ3) is 3.77. The molecule has 0 radical (unpaired) electrons. The number of hydrogen-bond acceptors (Lipinski definition) is 7. The monoisotopic (exact) mass is 318 g/mol. The fourth-order valence-corrected chi connectivity index (χ4v) is 3.20. The maximum Gasteiger partial charge on any atom is 0.231 e. The molecule has 1 unspecified atom stereocenters. The zero-order valence-corrected chi connectivity index (χ0v) is 12.9. The van der Waals surface area contributed by atoms with Crippen molar-refractivity contribution in [3.8, 4) is 0 Å². The highest BCUT2D eigenvalue weighted by atomic mass is 32.1. The van der Waals surface area contributed by atoms with Gasteiger partial charge in [-0.1, -0.05) is 0 Å². The summed E-state index contributed by atoms with van der Waals surface area (Å²) < 4.78 is 0. The Balaban J connectivity index is 1.63. The second-order valence-corrected chi connectivity index (χ2v) is 6.22. The SMILES string of the molecule is NC(=O)CN1CCCC(c2cnc(Nc3nccs3)cn2)C1. The molecule has 0 bridgehead atoms. The maximum atomic E-state index is 11.0. The number of nitrogens with two attached hydrogens (primary N) is 1. The standard InChI is InChI=1S/C14H18N6OS/c15-12(21)9-20-4-1-2-10(8-20)11-6-18-13(7-17-11)19-14-16-3-5-22-14/h3,5-7,10H,1-2,4,8-9H2,(H2,15,21)(H,16,18,19). The van der Waals surface area contributed by atoms with E-state index in [1.54, 1.807) is 18.6 Å². The molecule has 1 atom stereocenters. The molecule has 0 aliphatic carbocycles. The maximum absolute atomic E-state index is 11.0. The number of rotatable bonds is 5. The van der Waals surface area contributed by atoms with E-state index in [1.165, 1.54) is 11.3 Å². The van der Waals surface area contributed by atoms with Crippen LogP contribution in [0.2, 0.25) is 0 Å². The van der Waals surface area contributed by atoms with Crippen LogP contribution in [0.15, 0.2) is 24.0 Å². The Bertz CT molecular complexity index is 615. The van der Waals surface area contributed by atoms with E-state index in [0.29, 0.717) is 18.3 Å². The van der Waals surface area contributed by atoms with Crippen molar-refractivity contribution in [3.05, 3.63) is 29.7 Å². The first kappa shape index (κ1) is 14.9. The van der Waals surface area contributed by atoms with Crippen molar-refractivity contribution in [2.45, 2.75) is 18.8 Å². The van der Waals surface area contributed by atoms with Gasteiger partial charge >= 0.3 is 0 Å². The molecule has 0 saturated carbocycles. The van der Waals surface area contributed by atoms with E-state index in [4.69, 9.17) is 5.73 Å². The summed E-state index contributed by atoms with van der Waals surface area (Å²) in [6, 6.07) is 0. The third-order valence-electron chi connectivity index (χ3n) is 3.64. The van der Waals surface area contributed by atoms with Gasteiger partial charge < -0.3 is 11.1 Å². The highest BCUT2D eigenvalue weighted by Crippen LogP contribution is 2.25. The first-order valence-corrected chi connectivity index (χ1v) is 8.08. The molecular weight excluding hydrogens is 300 g/mol. The lowest BCUT2D eigenvalue weighted by Gasteiger charge is -2.31. The minimum absolute atomic E-state index is 0.283. The molecule has 22 heavy (non-hydrogen) atoms. The summed E-state index contributed by atoms with van der Waals surface area (Å²) in [5, 5.41) is 5.81. The van der Waals surface area contributed by atoms with E-state index in [0.717, 1.165) is 36.8 Å². The number of amides is 1. The third-order valence-corrected chi connectivity index (χ3v) is 4.33. The van der Waals surface area contributed by atoms with Crippen LogP contribution >= 0.6 is 11.3 Å². The van der Waals surface area contributed by atoms with Crippen LogP contribution in [-0.4, -0.2) is 45.4 Å². The Morgan fingerprint density at radius 3 is 3.00 bits per heavy atom. The first-order valence-electron chi connectivity index (χ1n) is 7.20. The van der Waals surface area contributed by atoms with Gasteiger partial charge in [-0.25, -0.2) is 9.97 Å². The number of piperidine rings is 1. The smallest absolute Gasteiger partial charge is 0.231 e. The van der Waals surface area contributed by atoms with E-state index in [-0.39, 0.29) is 5.91 Å². The molecule has 2 aromatic rings. The Hall–Kier alpha value is -2.06. The van der Waals surface area contributed by atoms with E-state index in [1.807, 2.05) is 5.38 Å². The normalized spacial score (nSPS) is 19.0. The van der Waals surface area contributed by atoms with Gasteiger partial charge in [0, 0.05) is 24.0 Å². The molecular formula is C14H18N6OS. The molecule has 7 nitrogen and oxygen atoms in total. The van der Waals surface area contributed by atoms with Crippen LogP contribution in [0.3, 0.4) is 0 Å². The summed E-state index contributed by atoms with van der Waals surface area (Å²) in [4.78, 5) is 26.2. The molecule has 3 N–H and O–H groups in total. The average molecular weight is 318 g/mol. The molecule has 116 valence electrons. The topological polar surface area (TPSA) is 97.0 Å². The molecule has 1 saturated heterocycles. The number of aromatic nitrogens is 3. The zero-order valence-electron chi connectivity index (χ0n) is 12.1. The van der Waals surface area contributed by atoms with Gasteiger partial charge in [-0.15, -0.1) is 11.3 Å². The van der Waals surface area contributed by atoms with Crippen molar-refractivity contribution in [2.24, 2.45) is 5.73 Å². The van der Waals surface area contributed by atoms with E-state index in [2.05, 4.69) is 25.2 Å². The van der Waals surface area contributed by atoms with Gasteiger partial charge in [0.05, 0.1) is 24.6 Å². The number of anilines is 2. The van der Waals surface area contributed by atoms with Crippen LogP contribution in [0.25, 0.3) is 0 Å². The number of hydrogen-bond donors (Lipinski definition) is 2. The van der Waals surface area contributed by atoms with E-state index in [9.17, 15) is 4.79 Å². The Morgan fingerprint density at radius 1 is 1.41 bits per heavy atom. The number of nitrogens with zero attached hydrogens (tertiary/aromatic N) is 4. The van der Waals surface area contributed by atoms with Crippen molar-refractivity contribution in [3.63, 3.8) is 0 Å². The van der Waals surface area contributed by atoms with E-state index >= 15 is 0 Å². The van der Waals surface area contributed by atoms with Crippen LogP contribution in [0, 0.1) is 0 Å². The van der Waals surface area contributed by atoms with Gasteiger partial charge in [0.25, 0.3) is 0 Å². The predicted octanol–water partition coefficient (Wildman–Crippen LogP) is 1.34. The van der Waals surface area contributed by atoms with E-state index < -0.39 is 0 Å². The van der Waals surface area contributed by atoms with Gasteiger partial charge in [-0.3, -0.25) is 14.7 Å². The summed E-state index contributed by atoms with van der Waals surface area (Å²) in [7, 11) is 0. The molecule has 1 fully saturated rings. The Kier molecular flexibility index (Phi) is 4.59. The van der Waals surface area contributed by atoms with Crippen molar-refractivity contribution >= 4 is 28.2 Å². The molecule has 8 heteroatoms. The van der Waals surface area contributed by atoms with Crippen LogP contribution < -0.4 is 11.1 Å². The Labute approximate surface area is 132 Å². The molecule has 3 heterocycles. The summed E-state index contributed by atoms with van der Waals surface area (Å²) in [6.07, 6.45) is 7.37. The fraction of sp³-hybridized carbons (Fsp3) is 0.429. The summed E-state index contributed by atoms with van der Waals surface area (Å²) in [5.74, 6) is 0.702. The minimum Gasteiger partial charge on any atom is -0.369 e. The molecule has 1 aliphatic heterocycles. The fourth-order valence-electron chi connectivity index (χ4n) is 2.67. The Morgan fingerprint density at radius 2 is 2.32 bits per heavy atom. The van der Waals surface area contributed by atoms with Crippen molar-refractivity contribution in [1.82, 2.24) is 19.9 Å². The second kappa shape index (κ2) is 6.80. The number of thiazole rings is 1. The summed E-state index contributed by atoms with van der Waals surface area (Å²) in [5.41, 5.74) is 6.23. The predicted molar refractivity (Wildman–Crippen MR) is 85.0 cm³/mol. The van der Waals surface area contributed by atoms with Crippen molar-refractivity contribution in [1.29, 1.82) is 0 Å². The van der Waals surface area contributed by atoms with Gasteiger partial charge in [-0.2, -0.15) is 0 Å². The number of primary amides is 1. The number of carbonyl (C=O) groups is 1. The molecule has 1 aliphatic rings. The van der Waals surface area contributed by atoms with Crippen LogP contribution in [0.1, 0.15) is 24.5 Å². The highest BCUT2D eigenvalue weighted by molar-refractivity contribution is 7.13. The van der Waals surface area contributed by atoms with Crippen molar-refractivity contribution in [2.75, 3.05) is 25.0 Å². The lowest BCUT2D eigenvalue weighted by molar-refractivity contribution is -0.119. The summed E-state index contributed by atoms with van der Waals surface area (Å²) >= 11 is 1.52. The molecule has 0 aromatic carbocycles. The number of carbonyl (C=O) groups excluding carboxylic acids is 1. The second-order valence-electron chi connectivity index (χ2n) is 5.33. The number of nitrogens with one attached hydrogen (secondary N) is 1. The number of likely N-dealkylation sites (tertiary alicyclic amines) is 1. The van der Waals surface area contributed by atoms with Crippen LogP contribution in [0.4, 0.5) is 10.9 Å². The van der Waals surface area contributed by atoms with Gasteiger partial charge in [0.15, 0.2) is 10.9 Å². The summed E-state index contributed by atoms with van der Waals surface area (Å²) in [6.45, 7) is 2.03.